The molecule has 1 aromatic heterocycles. The third kappa shape index (κ3) is 4.24. The van der Waals surface area contributed by atoms with Gasteiger partial charge < -0.3 is 15.4 Å². The number of anilines is 4. The highest BCUT2D eigenvalue weighted by Gasteiger charge is 2.23. The Labute approximate surface area is 160 Å². The second kappa shape index (κ2) is 7.88. The lowest BCUT2D eigenvalue weighted by atomic mass is 10.2. The van der Waals surface area contributed by atoms with Crippen LogP contribution in [-0.4, -0.2) is 22.0 Å². The van der Waals surface area contributed by atoms with Crippen LogP contribution in [0.3, 0.4) is 0 Å². The molecule has 1 heterocycles. The van der Waals surface area contributed by atoms with Crippen LogP contribution in [0.15, 0.2) is 48.8 Å². The third-order valence-corrected chi connectivity index (χ3v) is 4.18. The number of hydrogen-bond donors (Lipinski definition) is 2. The number of nitrogens with one attached hydrogen (secondary N) is 2. The van der Waals surface area contributed by atoms with Gasteiger partial charge in [-0.2, -0.15) is 0 Å². The molecule has 9 heteroatoms. The number of hydrogen-bond acceptors (Lipinski definition) is 7. The van der Waals surface area contributed by atoms with Gasteiger partial charge >= 0.3 is 5.69 Å². The van der Waals surface area contributed by atoms with Gasteiger partial charge in [0.1, 0.15) is 12.1 Å². The first-order valence-corrected chi connectivity index (χ1v) is 8.29. The Bertz CT molecular complexity index is 996. The van der Waals surface area contributed by atoms with Gasteiger partial charge in [-0.05, 0) is 36.8 Å². The molecule has 2 N–H and O–H groups in total. The minimum absolute atomic E-state index is 0.0558. The lowest BCUT2D eigenvalue weighted by Gasteiger charge is -2.11. The maximum atomic E-state index is 11.7. The van der Waals surface area contributed by atoms with E-state index in [1.165, 1.54) is 6.33 Å². The van der Waals surface area contributed by atoms with Crippen LogP contribution in [0.1, 0.15) is 5.56 Å². The Morgan fingerprint density at radius 2 is 1.74 bits per heavy atom. The van der Waals surface area contributed by atoms with Gasteiger partial charge in [-0.25, -0.2) is 9.97 Å². The topological polar surface area (TPSA) is 102 Å². The normalized spacial score (nSPS) is 10.3. The number of aromatic nitrogens is 2. The molecule has 0 amide bonds. The van der Waals surface area contributed by atoms with E-state index in [0.29, 0.717) is 22.1 Å². The Balaban J connectivity index is 1.96. The molecule has 0 bridgehead atoms. The van der Waals surface area contributed by atoms with Crippen molar-refractivity contribution in [3.05, 3.63) is 69.5 Å². The summed E-state index contributed by atoms with van der Waals surface area (Å²) in [4.78, 5) is 19.1. The molecule has 138 valence electrons. The number of aryl methyl sites for hydroxylation is 1. The van der Waals surface area contributed by atoms with Gasteiger partial charge in [0.05, 0.1) is 12.0 Å². The molecular weight excluding hydrogens is 370 g/mol. The minimum atomic E-state index is -0.541. The molecule has 0 atom stereocenters. The number of rotatable bonds is 6. The lowest BCUT2D eigenvalue weighted by molar-refractivity contribution is -0.383. The molecule has 27 heavy (non-hydrogen) atoms. The fourth-order valence-electron chi connectivity index (χ4n) is 2.38. The molecule has 0 aliphatic heterocycles. The van der Waals surface area contributed by atoms with Gasteiger partial charge in [0.2, 0.25) is 11.6 Å². The van der Waals surface area contributed by atoms with Crippen molar-refractivity contribution in [3.8, 4) is 5.75 Å². The van der Waals surface area contributed by atoms with Crippen molar-refractivity contribution in [2.45, 2.75) is 6.92 Å². The standard InChI is InChI=1S/C18H16ClN5O3/c1-11-6-7-13(9-15(11)19)23-18-16(24(25)26)17(20-10-21-18)22-12-4-3-5-14(8-12)27-2/h3-10H,1-2H3,(H2,20,21,22,23). The maximum Gasteiger partial charge on any atom is 0.353 e. The molecule has 0 aliphatic rings. The van der Waals surface area contributed by atoms with E-state index in [-0.39, 0.29) is 17.3 Å². The summed E-state index contributed by atoms with van der Waals surface area (Å²) < 4.78 is 5.16. The van der Waals surface area contributed by atoms with Crippen LogP contribution in [0.25, 0.3) is 0 Å². The molecular formula is C18H16ClN5O3. The average Bonchev–Trinajstić information content (AvgIpc) is 2.65. The van der Waals surface area contributed by atoms with Gasteiger partial charge in [-0.1, -0.05) is 23.7 Å². The molecule has 0 saturated carbocycles. The van der Waals surface area contributed by atoms with Crippen molar-refractivity contribution in [1.29, 1.82) is 0 Å². The van der Waals surface area contributed by atoms with Crippen LogP contribution < -0.4 is 15.4 Å². The Hall–Kier alpha value is -3.39. The highest BCUT2D eigenvalue weighted by atomic mass is 35.5. The number of benzene rings is 2. The van der Waals surface area contributed by atoms with Gasteiger partial charge in [0.25, 0.3) is 0 Å². The third-order valence-electron chi connectivity index (χ3n) is 3.77. The van der Waals surface area contributed by atoms with E-state index in [9.17, 15) is 10.1 Å². The second-order valence-corrected chi connectivity index (χ2v) is 6.03. The van der Waals surface area contributed by atoms with E-state index < -0.39 is 4.92 Å². The van der Waals surface area contributed by atoms with E-state index in [0.717, 1.165) is 5.56 Å². The molecule has 2 aromatic carbocycles. The van der Waals surface area contributed by atoms with E-state index in [2.05, 4.69) is 20.6 Å². The van der Waals surface area contributed by atoms with Crippen LogP contribution in [0.4, 0.5) is 28.7 Å². The van der Waals surface area contributed by atoms with Gasteiger partial charge in [-0.15, -0.1) is 0 Å². The quantitative estimate of drug-likeness (QED) is 0.462. The van der Waals surface area contributed by atoms with Crippen LogP contribution in [0.5, 0.6) is 5.75 Å². The molecule has 0 aliphatic carbocycles. The fraction of sp³-hybridized carbons (Fsp3) is 0.111. The van der Waals surface area contributed by atoms with Crippen molar-refractivity contribution in [2.24, 2.45) is 0 Å². The Morgan fingerprint density at radius 1 is 1.07 bits per heavy atom. The number of halogens is 1. The van der Waals surface area contributed by atoms with Crippen molar-refractivity contribution in [1.82, 2.24) is 9.97 Å². The minimum Gasteiger partial charge on any atom is -0.497 e. The molecule has 0 fully saturated rings. The van der Waals surface area contributed by atoms with E-state index in [4.69, 9.17) is 16.3 Å². The van der Waals surface area contributed by atoms with E-state index in [1.54, 1.807) is 43.5 Å². The molecule has 3 aromatic rings. The van der Waals surface area contributed by atoms with Crippen molar-refractivity contribution in [3.63, 3.8) is 0 Å². The van der Waals surface area contributed by atoms with Gasteiger partial charge in [0.15, 0.2) is 0 Å². The van der Waals surface area contributed by atoms with Crippen LogP contribution in [0.2, 0.25) is 5.02 Å². The van der Waals surface area contributed by atoms with E-state index in [1.807, 2.05) is 13.0 Å². The highest BCUT2D eigenvalue weighted by Crippen LogP contribution is 2.34. The van der Waals surface area contributed by atoms with E-state index >= 15 is 0 Å². The fourth-order valence-corrected chi connectivity index (χ4v) is 2.56. The first kappa shape index (κ1) is 18.4. The SMILES string of the molecule is COc1cccc(Nc2ncnc(Nc3ccc(C)c(Cl)c3)c2[N+](=O)[O-])c1. The average molecular weight is 386 g/mol. The predicted octanol–water partition coefficient (Wildman–Crippen LogP) is 4.84. The zero-order valence-electron chi connectivity index (χ0n) is 14.6. The summed E-state index contributed by atoms with van der Waals surface area (Å²) in [5.41, 5.74) is 1.80. The summed E-state index contributed by atoms with van der Waals surface area (Å²) in [7, 11) is 1.54. The number of nitrogens with zero attached hydrogens (tertiary/aromatic N) is 3. The predicted molar refractivity (Wildman–Crippen MR) is 104 cm³/mol. The molecule has 0 spiro atoms. The van der Waals surface area contributed by atoms with Crippen LogP contribution >= 0.6 is 11.6 Å². The molecule has 0 unspecified atom stereocenters. The number of nitro groups is 1. The number of ether oxygens (including phenoxy) is 1. The summed E-state index contributed by atoms with van der Waals surface area (Å²) in [6.07, 6.45) is 1.24. The van der Waals surface area contributed by atoms with Gasteiger partial charge in [0, 0.05) is 22.5 Å². The first-order valence-electron chi connectivity index (χ1n) is 7.91. The van der Waals surface area contributed by atoms with Crippen LogP contribution in [0, 0.1) is 17.0 Å². The largest absolute Gasteiger partial charge is 0.497 e. The summed E-state index contributed by atoms with van der Waals surface area (Å²) in [6, 6.07) is 12.3. The molecule has 3 rings (SSSR count). The monoisotopic (exact) mass is 385 g/mol. The van der Waals surface area contributed by atoms with Crippen molar-refractivity contribution in [2.75, 3.05) is 17.7 Å². The first-order chi connectivity index (χ1) is 13.0. The Kier molecular flexibility index (Phi) is 5.37. The summed E-state index contributed by atoms with van der Waals surface area (Å²) in [5, 5.41) is 18.1. The van der Waals surface area contributed by atoms with Crippen molar-refractivity contribution < 1.29 is 9.66 Å². The smallest absolute Gasteiger partial charge is 0.353 e. The molecule has 8 nitrogen and oxygen atoms in total. The van der Waals surface area contributed by atoms with Gasteiger partial charge in [-0.3, -0.25) is 10.1 Å². The van der Waals surface area contributed by atoms with Crippen LogP contribution in [-0.2, 0) is 0 Å². The Morgan fingerprint density at radius 3 is 2.33 bits per heavy atom. The lowest BCUT2D eigenvalue weighted by Crippen LogP contribution is -2.05. The zero-order valence-corrected chi connectivity index (χ0v) is 15.3. The maximum absolute atomic E-state index is 11.7. The zero-order chi connectivity index (χ0) is 19.4. The summed E-state index contributed by atoms with van der Waals surface area (Å²) in [6.45, 7) is 1.87. The molecule has 0 saturated heterocycles. The molecule has 0 radical (unpaired) electrons. The number of methoxy groups -OCH3 is 1. The highest BCUT2D eigenvalue weighted by molar-refractivity contribution is 6.31. The second-order valence-electron chi connectivity index (χ2n) is 5.62. The summed E-state index contributed by atoms with van der Waals surface area (Å²) >= 11 is 6.12. The summed E-state index contributed by atoms with van der Waals surface area (Å²) in [5.74, 6) is 0.730. The van der Waals surface area contributed by atoms with Crippen molar-refractivity contribution >= 4 is 40.3 Å².